The van der Waals surface area contributed by atoms with E-state index in [4.69, 9.17) is 9.97 Å². The van der Waals surface area contributed by atoms with Gasteiger partial charge in [-0.2, -0.15) is 0 Å². The second kappa shape index (κ2) is 12.8. The molecule has 242 valence electrons. The number of rotatable bonds is 5. The molecular weight excluding hydrogens is 627 g/mol. The van der Waals surface area contributed by atoms with E-state index in [1.165, 1.54) is 6.21 Å². The van der Waals surface area contributed by atoms with Gasteiger partial charge in [0.05, 0.1) is 34.5 Å². The third-order valence-corrected chi connectivity index (χ3v) is 9.34. The number of nitrogens with one attached hydrogen (secondary N) is 2. The smallest absolute Gasteiger partial charge is 0.0755 e. The highest BCUT2D eigenvalue weighted by atomic mass is 16.4. The third-order valence-electron chi connectivity index (χ3n) is 9.34. The van der Waals surface area contributed by atoms with Crippen LogP contribution in [0.3, 0.4) is 0 Å². The summed E-state index contributed by atoms with van der Waals surface area (Å²) >= 11 is 0. The van der Waals surface area contributed by atoms with E-state index in [9.17, 15) is 5.21 Å². The van der Waals surface area contributed by atoms with Crippen molar-refractivity contribution in [3.8, 4) is 44.5 Å². The Labute approximate surface area is 294 Å². The van der Waals surface area contributed by atoms with Gasteiger partial charge < -0.3 is 15.2 Å². The Balaban J connectivity index is 1.52. The van der Waals surface area contributed by atoms with Crippen molar-refractivity contribution in [2.24, 2.45) is 5.16 Å². The number of aromatic amines is 2. The molecule has 9 rings (SSSR count). The lowest BCUT2D eigenvalue weighted by atomic mass is 10.0. The summed E-state index contributed by atoms with van der Waals surface area (Å²) < 4.78 is 0. The summed E-state index contributed by atoms with van der Waals surface area (Å²) in [5.41, 5.74) is 15.4. The zero-order chi connectivity index (χ0) is 34.1. The minimum absolute atomic E-state index is 0.720. The zero-order valence-corrected chi connectivity index (χ0v) is 27.5. The Morgan fingerprint density at radius 2 is 0.804 bits per heavy atom. The molecule has 8 bridgehead atoms. The van der Waals surface area contributed by atoms with Crippen molar-refractivity contribution in [2.45, 2.75) is 0 Å². The predicted molar refractivity (Wildman–Crippen MR) is 210 cm³/mol. The van der Waals surface area contributed by atoms with E-state index in [1.54, 1.807) is 0 Å². The Bertz CT molecular complexity index is 2670. The van der Waals surface area contributed by atoms with Gasteiger partial charge in [-0.1, -0.05) is 126 Å². The van der Waals surface area contributed by atoms with Crippen LogP contribution in [0.2, 0.25) is 0 Å². The largest absolute Gasteiger partial charge is 0.411 e. The van der Waals surface area contributed by atoms with E-state index in [2.05, 4.69) is 124 Å². The molecule has 7 aromatic rings. The molecule has 0 saturated heterocycles. The van der Waals surface area contributed by atoms with Crippen LogP contribution in [0, 0.1) is 0 Å². The van der Waals surface area contributed by atoms with Gasteiger partial charge in [0.25, 0.3) is 0 Å². The molecule has 4 aromatic carbocycles. The molecule has 2 aliphatic rings. The molecule has 6 nitrogen and oxygen atoms in total. The molecule has 0 spiro atoms. The van der Waals surface area contributed by atoms with E-state index >= 15 is 0 Å². The molecule has 3 aromatic heterocycles. The van der Waals surface area contributed by atoms with Crippen LogP contribution in [-0.2, 0) is 0 Å². The average Bonchev–Trinajstić information content (AvgIpc) is 4.01. The first kappa shape index (κ1) is 30.0. The topological polar surface area (TPSA) is 90.0 Å². The quantitative estimate of drug-likeness (QED) is 0.0977. The number of hydrogen-bond donors (Lipinski definition) is 3. The summed E-state index contributed by atoms with van der Waals surface area (Å²) in [5.74, 6) is 0. The Hall–Kier alpha value is -7.05. The molecule has 6 heteroatoms. The molecule has 0 amide bonds. The second-order valence-corrected chi connectivity index (χ2v) is 12.4. The molecule has 0 aliphatic carbocycles. The van der Waals surface area contributed by atoms with Crippen LogP contribution in [0.5, 0.6) is 0 Å². The van der Waals surface area contributed by atoms with Crippen LogP contribution >= 0.6 is 0 Å². The SMILES string of the molecule is ON=Cc1cc2[nH]c1c(-c1ccccc1)c1nc(c(-c3ccccc3)c3ccc([nH]3)c(-c3ccccc3)c3nc(c2-c2ccccc2)C=C3)C=C1. The predicted octanol–water partition coefficient (Wildman–Crippen LogP) is 11.1. The summed E-state index contributed by atoms with van der Waals surface area (Å²) in [6, 6.07) is 47.5. The maximum absolute atomic E-state index is 9.91. The molecule has 3 N–H and O–H groups in total. The molecule has 0 fully saturated rings. The second-order valence-electron chi connectivity index (χ2n) is 12.4. The fourth-order valence-corrected chi connectivity index (χ4v) is 7.11. The first-order chi connectivity index (χ1) is 25.2. The highest BCUT2D eigenvalue weighted by Crippen LogP contribution is 2.39. The van der Waals surface area contributed by atoms with Crippen LogP contribution in [-0.4, -0.2) is 31.4 Å². The van der Waals surface area contributed by atoms with Crippen LogP contribution < -0.4 is 0 Å². The van der Waals surface area contributed by atoms with Crippen molar-refractivity contribution < 1.29 is 5.21 Å². The van der Waals surface area contributed by atoms with Crippen molar-refractivity contribution in [1.82, 2.24) is 19.9 Å². The molecule has 0 atom stereocenters. The van der Waals surface area contributed by atoms with E-state index in [0.717, 1.165) is 94.9 Å². The summed E-state index contributed by atoms with van der Waals surface area (Å²) in [6.45, 7) is 0. The number of benzene rings is 4. The van der Waals surface area contributed by atoms with Gasteiger partial charge in [-0.15, -0.1) is 0 Å². The fraction of sp³-hybridized carbons (Fsp3) is 0. The van der Waals surface area contributed by atoms with Gasteiger partial charge in [0.15, 0.2) is 0 Å². The molecular formula is C45H31N5O. The molecule has 51 heavy (non-hydrogen) atoms. The molecule has 0 saturated carbocycles. The normalized spacial score (nSPS) is 12.2. The number of hydrogen-bond acceptors (Lipinski definition) is 4. The van der Waals surface area contributed by atoms with Crippen molar-refractivity contribution in [3.05, 3.63) is 168 Å². The summed E-state index contributed by atoms with van der Waals surface area (Å²) in [7, 11) is 0. The van der Waals surface area contributed by atoms with Crippen LogP contribution in [0.15, 0.2) is 145 Å². The first-order valence-corrected chi connectivity index (χ1v) is 16.8. The van der Waals surface area contributed by atoms with Gasteiger partial charge in [0.1, 0.15) is 0 Å². The molecule has 0 radical (unpaired) electrons. The van der Waals surface area contributed by atoms with Gasteiger partial charge in [0, 0.05) is 44.4 Å². The van der Waals surface area contributed by atoms with Gasteiger partial charge in [0.2, 0.25) is 0 Å². The highest BCUT2D eigenvalue weighted by Gasteiger charge is 2.20. The monoisotopic (exact) mass is 657 g/mol. The van der Waals surface area contributed by atoms with Crippen molar-refractivity contribution in [2.75, 3.05) is 0 Å². The lowest BCUT2D eigenvalue weighted by molar-refractivity contribution is 0.322. The Morgan fingerprint density at radius 1 is 0.431 bits per heavy atom. The van der Waals surface area contributed by atoms with Gasteiger partial charge in [-0.3, -0.25) is 0 Å². The molecule has 0 unspecified atom stereocenters. The summed E-state index contributed by atoms with van der Waals surface area (Å²) in [5, 5.41) is 13.4. The number of fused-ring (bicyclic) bond motifs is 8. The van der Waals surface area contributed by atoms with Crippen LogP contribution in [0.1, 0.15) is 28.3 Å². The number of oxime groups is 1. The van der Waals surface area contributed by atoms with E-state index in [0.29, 0.717) is 0 Å². The average molecular weight is 658 g/mol. The summed E-state index contributed by atoms with van der Waals surface area (Å²) in [6.07, 6.45) is 9.80. The van der Waals surface area contributed by atoms with Crippen molar-refractivity contribution in [3.63, 3.8) is 0 Å². The maximum Gasteiger partial charge on any atom is 0.0755 e. The Kier molecular flexibility index (Phi) is 7.52. The van der Waals surface area contributed by atoms with Gasteiger partial charge >= 0.3 is 0 Å². The lowest BCUT2D eigenvalue weighted by Gasteiger charge is -2.07. The van der Waals surface area contributed by atoms with Crippen LogP contribution in [0.4, 0.5) is 0 Å². The Morgan fingerprint density at radius 3 is 1.22 bits per heavy atom. The fourth-order valence-electron chi connectivity index (χ4n) is 7.11. The molecule has 5 heterocycles. The minimum Gasteiger partial charge on any atom is -0.411 e. The van der Waals surface area contributed by atoms with Crippen molar-refractivity contribution >= 4 is 52.6 Å². The first-order valence-electron chi connectivity index (χ1n) is 16.8. The van der Waals surface area contributed by atoms with Crippen molar-refractivity contribution in [1.29, 1.82) is 0 Å². The summed E-state index contributed by atoms with van der Waals surface area (Å²) in [4.78, 5) is 18.2. The van der Waals surface area contributed by atoms with Crippen LogP contribution in [0.25, 0.3) is 90.9 Å². The number of nitrogens with zero attached hydrogens (tertiary/aromatic N) is 3. The van der Waals surface area contributed by atoms with Gasteiger partial charge in [-0.05, 0) is 64.8 Å². The standard InChI is InChI=1S/C45H31N5O/c51-46-28-33-27-40-43(31-17-9-3-10-18-31)38-24-23-36(48-38)41(29-13-5-1-6-14-29)34-21-22-35(47-34)42(30-15-7-2-8-16-30)37-25-26-39(49-37)44(45(33)50-40)32-19-11-4-12-20-32/h1-28,47,50-51H. The molecule has 2 aliphatic heterocycles. The zero-order valence-electron chi connectivity index (χ0n) is 27.5. The van der Waals surface area contributed by atoms with E-state index < -0.39 is 0 Å². The highest BCUT2D eigenvalue weighted by molar-refractivity contribution is 6.05. The lowest BCUT2D eigenvalue weighted by Crippen LogP contribution is -1.90. The number of aromatic nitrogens is 4. The van der Waals surface area contributed by atoms with Gasteiger partial charge in [-0.25, -0.2) is 9.97 Å². The number of H-pyrrole nitrogens is 2. The third kappa shape index (κ3) is 5.45. The van der Waals surface area contributed by atoms with E-state index in [1.807, 2.05) is 54.6 Å². The minimum atomic E-state index is 0.720. The maximum atomic E-state index is 9.91. The van der Waals surface area contributed by atoms with E-state index in [-0.39, 0.29) is 0 Å².